The van der Waals surface area contributed by atoms with E-state index in [-0.39, 0.29) is 0 Å². The highest BCUT2D eigenvalue weighted by molar-refractivity contribution is 6.19. The SMILES string of the molecule is c1ccc(-n2c3ccccc3c3cc(-c4ccc(-c5ccc6c(c5)c5cc7c8ccccc8n(-c8ccccc8)c7cc5n6-c5ccccc5)cc4)ccc32)cc1. The van der Waals surface area contributed by atoms with Gasteiger partial charge in [0, 0.05) is 49.4 Å². The van der Waals surface area contributed by atoms with Crippen molar-refractivity contribution in [1.29, 1.82) is 0 Å². The molecule has 12 rings (SSSR count). The standard InChI is InChI=1S/C54H35N3/c1-4-14-40(15-5-1)55-49-22-12-10-20-43(49)45-32-38(28-30-51(45)55)36-24-26-37(27-25-36)39-29-31-52-46(33-39)48-34-47-44-21-11-13-23-50(44)56(41-16-6-2-7-17-41)53(47)35-54(48)57(52)42-18-8-3-9-19-42/h1-35H. The minimum Gasteiger partial charge on any atom is -0.309 e. The molecule has 0 N–H and O–H groups in total. The van der Waals surface area contributed by atoms with Crippen LogP contribution in [0.25, 0.3) is 105 Å². The van der Waals surface area contributed by atoms with Crippen molar-refractivity contribution in [1.82, 2.24) is 13.7 Å². The van der Waals surface area contributed by atoms with Gasteiger partial charge < -0.3 is 13.7 Å². The summed E-state index contributed by atoms with van der Waals surface area (Å²) in [5.41, 5.74) is 15.6. The summed E-state index contributed by atoms with van der Waals surface area (Å²) < 4.78 is 7.20. The van der Waals surface area contributed by atoms with Gasteiger partial charge in [0.1, 0.15) is 0 Å². The van der Waals surface area contributed by atoms with Crippen LogP contribution in [0.3, 0.4) is 0 Å². The molecule has 0 spiro atoms. The Bertz CT molecular complexity index is 3480. The lowest BCUT2D eigenvalue weighted by Crippen LogP contribution is -1.95. The van der Waals surface area contributed by atoms with Crippen molar-refractivity contribution in [3.8, 4) is 39.3 Å². The van der Waals surface area contributed by atoms with Gasteiger partial charge in [0.15, 0.2) is 0 Å². The molecule has 0 fully saturated rings. The number of rotatable bonds is 5. The molecule has 57 heavy (non-hydrogen) atoms. The van der Waals surface area contributed by atoms with Gasteiger partial charge in [0.2, 0.25) is 0 Å². The monoisotopic (exact) mass is 725 g/mol. The predicted octanol–water partition coefficient (Wildman–Crippen LogP) is 14.3. The van der Waals surface area contributed by atoms with E-state index >= 15 is 0 Å². The highest BCUT2D eigenvalue weighted by Crippen LogP contribution is 2.41. The van der Waals surface area contributed by atoms with E-state index in [4.69, 9.17) is 0 Å². The molecule has 0 bridgehead atoms. The number of nitrogens with zero attached hydrogens (tertiary/aromatic N) is 3. The molecule has 266 valence electrons. The normalized spacial score (nSPS) is 11.9. The zero-order valence-corrected chi connectivity index (χ0v) is 31.0. The molecular weight excluding hydrogens is 691 g/mol. The molecule has 0 atom stereocenters. The molecule has 3 aromatic heterocycles. The molecular formula is C54H35N3. The third kappa shape index (κ3) is 4.86. The smallest absolute Gasteiger partial charge is 0.0562 e. The average molecular weight is 726 g/mol. The van der Waals surface area contributed by atoms with Crippen molar-refractivity contribution in [2.45, 2.75) is 0 Å². The van der Waals surface area contributed by atoms with E-state index in [0.29, 0.717) is 0 Å². The molecule has 0 aliphatic carbocycles. The fourth-order valence-corrected chi connectivity index (χ4v) is 9.23. The number of aromatic nitrogens is 3. The maximum Gasteiger partial charge on any atom is 0.0562 e. The van der Waals surface area contributed by atoms with Crippen molar-refractivity contribution in [3.05, 3.63) is 212 Å². The Kier molecular flexibility index (Phi) is 6.93. The van der Waals surface area contributed by atoms with Gasteiger partial charge in [-0.3, -0.25) is 0 Å². The van der Waals surface area contributed by atoms with E-state index in [1.54, 1.807) is 0 Å². The van der Waals surface area contributed by atoms with Crippen LogP contribution >= 0.6 is 0 Å². The van der Waals surface area contributed by atoms with Gasteiger partial charge in [0.05, 0.1) is 33.1 Å². The van der Waals surface area contributed by atoms with Crippen LogP contribution in [0.2, 0.25) is 0 Å². The molecule has 0 saturated carbocycles. The summed E-state index contributed by atoms with van der Waals surface area (Å²) in [5.74, 6) is 0. The van der Waals surface area contributed by atoms with Crippen LogP contribution in [0.15, 0.2) is 212 Å². The molecule has 0 amide bonds. The van der Waals surface area contributed by atoms with Gasteiger partial charge >= 0.3 is 0 Å². The summed E-state index contributed by atoms with van der Waals surface area (Å²) >= 11 is 0. The third-order valence-corrected chi connectivity index (χ3v) is 11.8. The Morgan fingerprint density at radius 2 is 0.509 bits per heavy atom. The molecule has 3 nitrogen and oxygen atoms in total. The van der Waals surface area contributed by atoms with E-state index in [9.17, 15) is 0 Å². The molecule has 0 saturated heterocycles. The Morgan fingerprint density at radius 3 is 0.965 bits per heavy atom. The van der Waals surface area contributed by atoms with Crippen molar-refractivity contribution >= 4 is 65.4 Å². The summed E-state index contributed by atoms with van der Waals surface area (Å²) in [6.45, 7) is 0. The lowest BCUT2D eigenvalue weighted by molar-refractivity contribution is 1.16. The third-order valence-electron chi connectivity index (χ3n) is 11.8. The first-order valence-corrected chi connectivity index (χ1v) is 19.6. The predicted molar refractivity (Wildman–Crippen MR) is 240 cm³/mol. The lowest BCUT2D eigenvalue weighted by atomic mass is 9.98. The maximum atomic E-state index is 2.43. The van der Waals surface area contributed by atoms with Crippen molar-refractivity contribution in [2.75, 3.05) is 0 Å². The second-order valence-corrected chi connectivity index (χ2v) is 15.0. The molecule has 3 heterocycles. The Labute approximate surface area is 329 Å². The molecule has 0 aliphatic rings. The van der Waals surface area contributed by atoms with Crippen molar-refractivity contribution in [3.63, 3.8) is 0 Å². The quantitative estimate of drug-likeness (QED) is 0.168. The number of benzene rings is 9. The Hall–Kier alpha value is -7.62. The van der Waals surface area contributed by atoms with E-state index in [1.807, 2.05) is 0 Å². The number of hydrogen-bond donors (Lipinski definition) is 0. The summed E-state index contributed by atoms with van der Waals surface area (Å²) in [7, 11) is 0. The minimum atomic E-state index is 1.15. The largest absolute Gasteiger partial charge is 0.309 e. The van der Waals surface area contributed by atoms with Crippen LogP contribution in [0.5, 0.6) is 0 Å². The fraction of sp³-hybridized carbons (Fsp3) is 0. The second-order valence-electron chi connectivity index (χ2n) is 15.0. The van der Waals surface area contributed by atoms with Crippen LogP contribution < -0.4 is 0 Å². The Morgan fingerprint density at radius 1 is 0.193 bits per heavy atom. The van der Waals surface area contributed by atoms with Crippen molar-refractivity contribution in [2.24, 2.45) is 0 Å². The summed E-state index contributed by atoms with van der Waals surface area (Å²) in [6, 6.07) is 77.4. The highest BCUT2D eigenvalue weighted by Gasteiger charge is 2.19. The number of fused-ring (bicyclic) bond motifs is 9. The Balaban J connectivity index is 1.01. The van der Waals surface area contributed by atoms with Gasteiger partial charge in [-0.25, -0.2) is 0 Å². The lowest BCUT2D eigenvalue weighted by Gasteiger charge is -2.10. The highest BCUT2D eigenvalue weighted by atomic mass is 15.0. The maximum absolute atomic E-state index is 2.43. The van der Waals surface area contributed by atoms with Crippen LogP contribution in [-0.2, 0) is 0 Å². The zero-order valence-electron chi connectivity index (χ0n) is 31.0. The van der Waals surface area contributed by atoms with Crippen LogP contribution in [0.1, 0.15) is 0 Å². The van der Waals surface area contributed by atoms with Gasteiger partial charge in [-0.05, 0) is 107 Å². The number of hydrogen-bond acceptors (Lipinski definition) is 0. The number of para-hydroxylation sites is 5. The van der Waals surface area contributed by atoms with Gasteiger partial charge in [-0.2, -0.15) is 0 Å². The summed E-state index contributed by atoms with van der Waals surface area (Å²) in [5, 5.41) is 7.53. The van der Waals surface area contributed by atoms with E-state index in [2.05, 4.69) is 226 Å². The van der Waals surface area contributed by atoms with Crippen molar-refractivity contribution < 1.29 is 0 Å². The van der Waals surface area contributed by atoms with Crippen LogP contribution in [-0.4, -0.2) is 13.7 Å². The fourth-order valence-electron chi connectivity index (χ4n) is 9.23. The summed E-state index contributed by atoms with van der Waals surface area (Å²) in [6.07, 6.45) is 0. The van der Waals surface area contributed by atoms with Gasteiger partial charge in [-0.1, -0.05) is 127 Å². The van der Waals surface area contributed by atoms with E-state index < -0.39 is 0 Å². The average Bonchev–Trinajstić information content (AvgIpc) is 3.91. The van der Waals surface area contributed by atoms with E-state index in [1.165, 1.54) is 93.4 Å². The van der Waals surface area contributed by atoms with Crippen LogP contribution in [0, 0.1) is 0 Å². The zero-order chi connectivity index (χ0) is 37.5. The molecule has 12 aromatic rings. The minimum absolute atomic E-state index is 1.15. The second kappa shape index (κ2) is 12.5. The first kappa shape index (κ1) is 31.7. The molecule has 0 radical (unpaired) electrons. The topological polar surface area (TPSA) is 14.8 Å². The van der Waals surface area contributed by atoms with Gasteiger partial charge in [-0.15, -0.1) is 0 Å². The van der Waals surface area contributed by atoms with Gasteiger partial charge in [0.25, 0.3) is 0 Å². The first-order chi connectivity index (χ1) is 28.3. The summed E-state index contributed by atoms with van der Waals surface area (Å²) in [4.78, 5) is 0. The first-order valence-electron chi connectivity index (χ1n) is 19.6. The molecule has 0 unspecified atom stereocenters. The molecule has 0 aliphatic heterocycles. The molecule has 3 heteroatoms. The molecule has 9 aromatic carbocycles. The van der Waals surface area contributed by atoms with Crippen LogP contribution in [0.4, 0.5) is 0 Å². The van der Waals surface area contributed by atoms with E-state index in [0.717, 1.165) is 11.4 Å².